The van der Waals surface area contributed by atoms with E-state index in [9.17, 15) is 0 Å². The summed E-state index contributed by atoms with van der Waals surface area (Å²) in [7, 11) is 0. The molecule has 2 aromatic heterocycles. The minimum Gasteiger partial charge on any atom is -0.376 e. The van der Waals surface area contributed by atoms with Crippen molar-refractivity contribution < 1.29 is 4.74 Å². The van der Waals surface area contributed by atoms with Gasteiger partial charge >= 0.3 is 0 Å². The predicted molar refractivity (Wildman–Crippen MR) is 94.2 cm³/mol. The van der Waals surface area contributed by atoms with Gasteiger partial charge in [0.05, 0.1) is 24.3 Å². The van der Waals surface area contributed by atoms with Gasteiger partial charge in [-0.2, -0.15) is 0 Å². The molecule has 0 N–H and O–H groups in total. The lowest BCUT2D eigenvalue weighted by Crippen LogP contribution is -2.43. The zero-order valence-electron chi connectivity index (χ0n) is 13.4. The van der Waals surface area contributed by atoms with Crippen LogP contribution in [0.25, 0.3) is 10.7 Å². The summed E-state index contributed by atoms with van der Waals surface area (Å²) < 4.78 is 10.9. The molecule has 2 aromatic rings. The highest BCUT2D eigenvalue weighted by molar-refractivity contribution is 7.71. The highest BCUT2D eigenvalue weighted by Gasteiger charge is 2.30. The summed E-state index contributed by atoms with van der Waals surface area (Å²) in [6.07, 6.45) is 3.82. The minimum atomic E-state index is 0.334. The third-order valence-corrected chi connectivity index (χ3v) is 5.81. The molecular weight excluding hydrogens is 328 g/mol. The summed E-state index contributed by atoms with van der Waals surface area (Å²) in [5.41, 5.74) is 0. The Morgan fingerprint density at radius 1 is 1.43 bits per heavy atom. The van der Waals surface area contributed by atoms with E-state index in [1.54, 1.807) is 11.3 Å². The van der Waals surface area contributed by atoms with E-state index in [0.717, 1.165) is 43.4 Å². The molecule has 2 aliphatic rings. The molecule has 2 fully saturated rings. The second kappa shape index (κ2) is 6.47. The number of rotatable bonds is 5. The summed E-state index contributed by atoms with van der Waals surface area (Å²) >= 11 is 7.47. The van der Waals surface area contributed by atoms with E-state index in [2.05, 4.69) is 33.9 Å². The molecule has 7 heteroatoms. The van der Waals surface area contributed by atoms with Crippen LogP contribution in [0, 0.1) is 4.77 Å². The zero-order valence-corrected chi connectivity index (χ0v) is 15.0. The molecule has 4 rings (SSSR count). The summed E-state index contributed by atoms with van der Waals surface area (Å²) in [6, 6.07) is 4.75. The topological polar surface area (TPSA) is 35.2 Å². The van der Waals surface area contributed by atoms with Gasteiger partial charge in [-0.25, -0.2) is 4.68 Å². The van der Waals surface area contributed by atoms with Crippen LogP contribution in [-0.4, -0.2) is 45.0 Å². The second-order valence-corrected chi connectivity index (χ2v) is 7.62. The molecule has 0 radical (unpaired) electrons. The van der Waals surface area contributed by atoms with E-state index >= 15 is 0 Å². The SMILES string of the molecule is CCC1CN(Cn2nc(-c3cccs3)n(C3CC3)c2=S)CCO1. The Labute approximate surface area is 145 Å². The van der Waals surface area contributed by atoms with Gasteiger partial charge in [-0.1, -0.05) is 13.0 Å². The number of ether oxygens (including phenoxy) is 1. The second-order valence-electron chi connectivity index (χ2n) is 6.30. The number of aromatic nitrogens is 3. The quantitative estimate of drug-likeness (QED) is 0.773. The molecule has 23 heavy (non-hydrogen) atoms. The number of thiophene rings is 1. The summed E-state index contributed by atoms with van der Waals surface area (Å²) in [4.78, 5) is 3.60. The molecule has 1 aliphatic heterocycles. The molecule has 0 bridgehead atoms. The zero-order chi connectivity index (χ0) is 15.8. The maximum atomic E-state index is 5.76. The standard InChI is InChI=1S/C16H22N4OS2/c1-2-13-10-18(7-8-21-13)11-19-16(22)20(12-5-6-12)15(17-19)14-4-3-9-23-14/h3-4,9,12-13H,2,5-8,10-11H2,1H3. The van der Waals surface area contributed by atoms with Crippen molar-refractivity contribution in [2.75, 3.05) is 19.7 Å². The van der Waals surface area contributed by atoms with Crippen LogP contribution in [0.4, 0.5) is 0 Å². The molecule has 1 saturated heterocycles. The number of hydrogen-bond acceptors (Lipinski definition) is 5. The van der Waals surface area contributed by atoms with Crippen LogP contribution in [0.5, 0.6) is 0 Å². The number of nitrogens with zero attached hydrogens (tertiary/aromatic N) is 4. The van der Waals surface area contributed by atoms with Crippen molar-refractivity contribution in [2.24, 2.45) is 0 Å². The Balaban J connectivity index is 1.62. The van der Waals surface area contributed by atoms with E-state index in [1.807, 2.05) is 4.68 Å². The van der Waals surface area contributed by atoms with Crippen LogP contribution in [-0.2, 0) is 11.4 Å². The predicted octanol–water partition coefficient (Wildman–Crippen LogP) is 3.55. The first kappa shape index (κ1) is 15.5. The Morgan fingerprint density at radius 2 is 2.30 bits per heavy atom. The van der Waals surface area contributed by atoms with Crippen molar-refractivity contribution in [3.8, 4) is 10.7 Å². The average molecular weight is 351 g/mol. The van der Waals surface area contributed by atoms with E-state index in [4.69, 9.17) is 22.1 Å². The van der Waals surface area contributed by atoms with Gasteiger partial charge in [0.15, 0.2) is 10.6 Å². The van der Waals surface area contributed by atoms with Gasteiger partial charge in [0.2, 0.25) is 0 Å². The maximum absolute atomic E-state index is 5.76. The van der Waals surface area contributed by atoms with Crippen LogP contribution in [0.3, 0.4) is 0 Å². The lowest BCUT2D eigenvalue weighted by molar-refractivity contribution is -0.0412. The molecule has 1 saturated carbocycles. The van der Waals surface area contributed by atoms with Gasteiger partial charge in [-0.05, 0) is 42.9 Å². The molecule has 3 heterocycles. The van der Waals surface area contributed by atoms with Crippen molar-refractivity contribution in [2.45, 2.75) is 45.0 Å². The van der Waals surface area contributed by atoms with Gasteiger partial charge < -0.3 is 4.74 Å². The lowest BCUT2D eigenvalue weighted by atomic mass is 10.2. The number of morpholine rings is 1. The molecule has 1 aliphatic carbocycles. The van der Waals surface area contributed by atoms with Gasteiger partial charge in [-0.15, -0.1) is 16.4 Å². The maximum Gasteiger partial charge on any atom is 0.199 e. The van der Waals surface area contributed by atoms with E-state index < -0.39 is 0 Å². The third-order valence-electron chi connectivity index (χ3n) is 4.54. The Bertz CT molecular complexity index is 717. The molecule has 0 amide bonds. The molecule has 0 spiro atoms. The van der Waals surface area contributed by atoms with Gasteiger partial charge in [0.1, 0.15) is 0 Å². The van der Waals surface area contributed by atoms with Gasteiger partial charge in [0.25, 0.3) is 0 Å². The fourth-order valence-corrected chi connectivity index (χ4v) is 4.13. The molecule has 124 valence electrons. The molecular formula is C16H22N4OS2. The summed E-state index contributed by atoms with van der Waals surface area (Å²) in [5, 5.41) is 6.96. The lowest BCUT2D eigenvalue weighted by Gasteiger charge is -2.32. The van der Waals surface area contributed by atoms with Crippen LogP contribution >= 0.6 is 23.6 Å². The van der Waals surface area contributed by atoms with Crippen molar-refractivity contribution in [3.63, 3.8) is 0 Å². The Morgan fingerprint density at radius 3 is 3.00 bits per heavy atom. The van der Waals surface area contributed by atoms with E-state index in [-0.39, 0.29) is 0 Å². The average Bonchev–Trinajstić information content (AvgIpc) is 3.15. The van der Waals surface area contributed by atoms with Crippen LogP contribution in [0.15, 0.2) is 17.5 Å². The fraction of sp³-hybridized carbons (Fsp3) is 0.625. The summed E-state index contributed by atoms with van der Waals surface area (Å²) in [6.45, 7) is 5.64. The highest BCUT2D eigenvalue weighted by Crippen LogP contribution is 2.39. The smallest absolute Gasteiger partial charge is 0.199 e. The molecule has 0 aromatic carbocycles. The van der Waals surface area contributed by atoms with Crippen molar-refractivity contribution in [3.05, 3.63) is 22.3 Å². The monoisotopic (exact) mass is 350 g/mol. The normalized spacial score (nSPS) is 22.6. The van der Waals surface area contributed by atoms with Gasteiger partial charge in [0, 0.05) is 19.1 Å². The first-order valence-electron chi connectivity index (χ1n) is 8.33. The van der Waals surface area contributed by atoms with Crippen molar-refractivity contribution in [1.82, 2.24) is 19.2 Å². The van der Waals surface area contributed by atoms with Crippen molar-refractivity contribution in [1.29, 1.82) is 0 Å². The Kier molecular flexibility index (Phi) is 4.36. The summed E-state index contributed by atoms with van der Waals surface area (Å²) in [5.74, 6) is 1.04. The van der Waals surface area contributed by atoms with E-state index in [0.29, 0.717) is 12.1 Å². The van der Waals surface area contributed by atoms with Gasteiger partial charge in [-0.3, -0.25) is 9.47 Å². The molecule has 1 unspecified atom stereocenters. The molecule has 1 atom stereocenters. The highest BCUT2D eigenvalue weighted by atomic mass is 32.1. The third kappa shape index (κ3) is 3.15. The first-order valence-corrected chi connectivity index (χ1v) is 9.62. The molecule has 5 nitrogen and oxygen atoms in total. The van der Waals surface area contributed by atoms with Crippen LogP contribution < -0.4 is 0 Å². The van der Waals surface area contributed by atoms with Crippen LogP contribution in [0.1, 0.15) is 32.2 Å². The van der Waals surface area contributed by atoms with Crippen molar-refractivity contribution >= 4 is 23.6 Å². The number of hydrogen-bond donors (Lipinski definition) is 0. The first-order chi connectivity index (χ1) is 11.3. The largest absolute Gasteiger partial charge is 0.376 e. The Hall–Kier alpha value is -1.02. The van der Waals surface area contributed by atoms with E-state index in [1.165, 1.54) is 17.7 Å². The van der Waals surface area contributed by atoms with Crippen LogP contribution in [0.2, 0.25) is 0 Å². The fourth-order valence-electron chi connectivity index (χ4n) is 3.09. The minimum absolute atomic E-state index is 0.334.